The van der Waals surface area contributed by atoms with E-state index in [2.05, 4.69) is 9.98 Å². The number of aliphatic imine (C=N–C) groups is 1. The molecule has 1 aromatic heterocycles. The minimum Gasteiger partial charge on any atom is -0.294 e. The minimum absolute atomic E-state index is 0.0599. The Kier molecular flexibility index (Phi) is 3.79. The zero-order valence-corrected chi connectivity index (χ0v) is 11.7. The van der Waals surface area contributed by atoms with Gasteiger partial charge < -0.3 is 0 Å². The largest absolute Gasteiger partial charge is 0.294 e. The Balaban J connectivity index is 1.79. The maximum atomic E-state index is 13.6. The fourth-order valence-electron chi connectivity index (χ4n) is 2.00. The minimum atomic E-state index is -0.873. The molecule has 1 aromatic carbocycles. The molecule has 106 valence electrons. The molecule has 0 aliphatic carbocycles. The Hall–Kier alpha value is -2.08. The van der Waals surface area contributed by atoms with Gasteiger partial charge in [0, 0.05) is 17.5 Å². The van der Waals surface area contributed by atoms with Crippen LogP contribution in [0.4, 0.5) is 14.6 Å². The molecule has 2 heterocycles. The van der Waals surface area contributed by atoms with E-state index < -0.39 is 11.6 Å². The van der Waals surface area contributed by atoms with Gasteiger partial charge in [-0.05, 0) is 18.2 Å². The number of carbonyl (C=O) groups excluding carboxylic acids is 1. The van der Waals surface area contributed by atoms with E-state index in [0.717, 1.165) is 6.07 Å². The van der Waals surface area contributed by atoms with E-state index in [-0.39, 0.29) is 23.5 Å². The fourth-order valence-corrected chi connectivity index (χ4v) is 2.93. The molecule has 0 bridgehead atoms. The molecule has 0 amide bonds. The molecule has 0 N–H and O–H groups in total. The van der Waals surface area contributed by atoms with Crippen molar-refractivity contribution in [1.29, 1.82) is 0 Å². The van der Waals surface area contributed by atoms with Crippen LogP contribution < -0.4 is 0 Å². The molecule has 2 aromatic rings. The Labute approximate surface area is 124 Å². The molecule has 0 fully saturated rings. The van der Waals surface area contributed by atoms with E-state index >= 15 is 0 Å². The summed E-state index contributed by atoms with van der Waals surface area (Å²) < 4.78 is 26.7. The topological polar surface area (TPSA) is 42.3 Å². The van der Waals surface area contributed by atoms with Crippen molar-refractivity contribution < 1.29 is 13.6 Å². The second-order valence-electron chi connectivity index (χ2n) is 4.48. The molecule has 0 saturated carbocycles. The van der Waals surface area contributed by atoms with Crippen molar-refractivity contribution in [3.63, 3.8) is 0 Å². The van der Waals surface area contributed by atoms with E-state index in [1.54, 1.807) is 18.3 Å². The van der Waals surface area contributed by atoms with Crippen LogP contribution in [-0.4, -0.2) is 15.8 Å². The molecule has 0 unspecified atom stereocenters. The Morgan fingerprint density at radius 3 is 2.90 bits per heavy atom. The Morgan fingerprint density at radius 2 is 2.05 bits per heavy atom. The number of fused-ring (bicyclic) bond motifs is 1. The second-order valence-corrected chi connectivity index (χ2v) is 5.53. The van der Waals surface area contributed by atoms with Crippen LogP contribution in [0, 0.1) is 11.6 Å². The summed E-state index contributed by atoms with van der Waals surface area (Å²) >= 11 is 1.22. The summed E-state index contributed by atoms with van der Waals surface area (Å²) in [6, 6.07) is 7.42. The van der Waals surface area contributed by atoms with Crippen LogP contribution in [0.1, 0.15) is 22.3 Å². The van der Waals surface area contributed by atoms with Crippen LogP contribution in [0.5, 0.6) is 0 Å². The molecule has 6 heteroatoms. The van der Waals surface area contributed by atoms with Gasteiger partial charge in [0.05, 0.1) is 17.0 Å². The zero-order valence-electron chi connectivity index (χ0n) is 10.8. The average molecular weight is 304 g/mol. The number of carbonyl (C=O) groups is 1. The predicted octanol–water partition coefficient (Wildman–Crippen LogP) is 3.91. The van der Waals surface area contributed by atoms with Crippen LogP contribution in [0.25, 0.3) is 0 Å². The van der Waals surface area contributed by atoms with Crippen molar-refractivity contribution in [2.75, 3.05) is 0 Å². The molecule has 3 nitrogen and oxygen atoms in total. The average Bonchev–Trinajstić information content (AvgIpc) is 2.49. The lowest BCUT2D eigenvalue weighted by molar-refractivity contribution is 0.1000. The number of thioether (sulfide) groups is 1. The van der Waals surface area contributed by atoms with Gasteiger partial charge in [0.25, 0.3) is 0 Å². The number of Topliss-reactive ketones (excluding diaryl/α,β-unsaturated/α-hetero) is 1. The number of hydrogen-bond donors (Lipinski definition) is 0. The smallest absolute Gasteiger partial charge is 0.173 e. The van der Waals surface area contributed by atoms with Gasteiger partial charge in [-0.3, -0.25) is 4.79 Å². The van der Waals surface area contributed by atoms with Gasteiger partial charge in [0.15, 0.2) is 23.2 Å². The quantitative estimate of drug-likeness (QED) is 0.844. The van der Waals surface area contributed by atoms with Crippen LogP contribution in [0.3, 0.4) is 0 Å². The number of ketones is 1. The van der Waals surface area contributed by atoms with Gasteiger partial charge in [-0.1, -0.05) is 12.1 Å². The maximum absolute atomic E-state index is 13.6. The van der Waals surface area contributed by atoms with Crippen LogP contribution in [0.2, 0.25) is 0 Å². The lowest BCUT2D eigenvalue weighted by Crippen LogP contribution is -2.11. The zero-order chi connectivity index (χ0) is 14.8. The number of benzene rings is 1. The molecule has 0 atom stereocenters. The first kappa shape index (κ1) is 13.9. The highest BCUT2D eigenvalue weighted by molar-refractivity contribution is 8.13. The molecular weight excluding hydrogens is 294 g/mol. The lowest BCUT2D eigenvalue weighted by Gasteiger charge is -2.13. The van der Waals surface area contributed by atoms with Crippen molar-refractivity contribution in [2.24, 2.45) is 4.99 Å². The highest BCUT2D eigenvalue weighted by Gasteiger charge is 2.21. The van der Waals surface area contributed by atoms with Crippen molar-refractivity contribution in [1.82, 2.24) is 4.98 Å². The van der Waals surface area contributed by atoms with E-state index in [1.165, 1.54) is 23.9 Å². The summed E-state index contributed by atoms with van der Waals surface area (Å²) in [5, 5.41) is 0.565. The Bertz CT molecular complexity index is 746. The number of pyridine rings is 1. The van der Waals surface area contributed by atoms with Crippen LogP contribution >= 0.6 is 11.8 Å². The SMILES string of the molecule is O=C1CC(SCc2cccc(F)c2F)=Nc2ncccc21. The third-order valence-electron chi connectivity index (χ3n) is 3.06. The lowest BCUT2D eigenvalue weighted by atomic mass is 10.1. The summed E-state index contributed by atoms with van der Waals surface area (Å²) in [6.07, 6.45) is 1.73. The standard InChI is InChI=1S/C15H10F2N2OS/c16-11-5-1-3-9(14(11)17)8-21-13-7-12(20)10-4-2-6-18-15(10)19-13/h1-6H,7-8H2. The normalized spacial score (nSPS) is 13.8. The highest BCUT2D eigenvalue weighted by atomic mass is 32.2. The summed E-state index contributed by atoms with van der Waals surface area (Å²) in [5.74, 6) is -1.18. The van der Waals surface area contributed by atoms with E-state index in [4.69, 9.17) is 0 Å². The molecule has 3 rings (SSSR count). The number of hydrogen-bond acceptors (Lipinski definition) is 4. The maximum Gasteiger partial charge on any atom is 0.173 e. The number of rotatable bonds is 2. The highest BCUT2D eigenvalue weighted by Crippen LogP contribution is 2.28. The van der Waals surface area contributed by atoms with Gasteiger partial charge in [-0.15, -0.1) is 11.8 Å². The third-order valence-corrected chi connectivity index (χ3v) is 4.08. The first-order valence-corrected chi connectivity index (χ1v) is 7.25. The van der Waals surface area contributed by atoms with Gasteiger partial charge in [0.1, 0.15) is 0 Å². The van der Waals surface area contributed by atoms with Crippen molar-refractivity contribution in [2.45, 2.75) is 12.2 Å². The van der Waals surface area contributed by atoms with Gasteiger partial charge >= 0.3 is 0 Å². The van der Waals surface area contributed by atoms with Crippen LogP contribution in [0.15, 0.2) is 41.5 Å². The van der Waals surface area contributed by atoms with Crippen molar-refractivity contribution in [3.8, 4) is 0 Å². The summed E-state index contributed by atoms with van der Waals surface area (Å²) in [4.78, 5) is 20.3. The van der Waals surface area contributed by atoms with E-state index in [1.807, 2.05) is 0 Å². The van der Waals surface area contributed by atoms with Gasteiger partial charge in [-0.2, -0.15) is 0 Å². The van der Waals surface area contributed by atoms with E-state index in [0.29, 0.717) is 16.4 Å². The molecule has 0 saturated heterocycles. The molecule has 1 aliphatic rings. The van der Waals surface area contributed by atoms with Crippen LogP contribution in [-0.2, 0) is 5.75 Å². The van der Waals surface area contributed by atoms with Crippen molar-refractivity contribution >= 4 is 28.4 Å². The van der Waals surface area contributed by atoms with Crippen molar-refractivity contribution in [3.05, 3.63) is 59.3 Å². The number of halogens is 2. The first-order chi connectivity index (χ1) is 10.1. The monoisotopic (exact) mass is 304 g/mol. The third kappa shape index (κ3) is 2.85. The second kappa shape index (κ2) is 5.73. The Morgan fingerprint density at radius 1 is 1.19 bits per heavy atom. The summed E-state index contributed by atoms with van der Waals surface area (Å²) in [5.41, 5.74) is 0.751. The summed E-state index contributed by atoms with van der Waals surface area (Å²) in [7, 11) is 0. The fraction of sp³-hybridized carbons (Fsp3) is 0.133. The summed E-state index contributed by atoms with van der Waals surface area (Å²) in [6.45, 7) is 0. The molecule has 21 heavy (non-hydrogen) atoms. The number of nitrogens with zero attached hydrogens (tertiary/aromatic N) is 2. The number of aromatic nitrogens is 1. The molecule has 0 radical (unpaired) electrons. The predicted molar refractivity (Wildman–Crippen MR) is 77.9 cm³/mol. The van der Waals surface area contributed by atoms with Gasteiger partial charge in [-0.25, -0.2) is 18.8 Å². The first-order valence-electron chi connectivity index (χ1n) is 6.26. The molecule has 0 spiro atoms. The van der Waals surface area contributed by atoms with E-state index in [9.17, 15) is 13.6 Å². The molecule has 1 aliphatic heterocycles. The van der Waals surface area contributed by atoms with Gasteiger partial charge in [0.2, 0.25) is 0 Å². The molecular formula is C15H10F2N2OS.